The molecule has 0 aromatic heterocycles. The first-order chi connectivity index (χ1) is 14.7. The lowest BCUT2D eigenvalue weighted by atomic mass is 10.1. The standard InChI is InChI=1S/C21H26N4O5S/c1-23(2)19(26)13-25-15-7-11-24(20(27)21(14-22)9-10-21)12-8-16(15)30-17-5-3-4-6-18(17)31(25,28)29/h3-6,15-16H,7-13H2,1-2H3/t15-,16-/m1/s1. The van der Waals surface area contributed by atoms with Gasteiger partial charge in [0.2, 0.25) is 21.8 Å². The Balaban J connectivity index is 1.69. The Kier molecular flexibility index (Phi) is 5.43. The number of likely N-dealkylation sites (tertiary alicyclic amines) is 1. The van der Waals surface area contributed by atoms with Crippen molar-refractivity contribution in [2.45, 2.75) is 42.7 Å². The highest BCUT2D eigenvalue weighted by atomic mass is 32.2. The summed E-state index contributed by atoms with van der Waals surface area (Å²) < 4.78 is 34.5. The molecule has 9 nitrogen and oxygen atoms in total. The number of sulfonamides is 1. The van der Waals surface area contributed by atoms with Crippen LogP contribution in [0, 0.1) is 16.7 Å². The van der Waals surface area contributed by atoms with Gasteiger partial charge < -0.3 is 14.5 Å². The first-order valence-electron chi connectivity index (χ1n) is 10.4. The third kappa shape index (κ3) is 3.77. The highest BCUT2D eigenvalue weighted by Gasteiger charge is 2.53. The van der Waals surface area contributed by atoms with Gasteiger partial charge >= 0.3 is 0 Å². The lowest BCUT2D eigenvalue weighted by Crippen LogP contribution is -2.50. The van der Waals surface area contributed by atoms with Gasteiger partial charge in [-0.3, -0.25) is 9.59 Å². The topological polar surface area (TPSA) is 111 Å². The second-order valence-electron chi connectivity index (χ2n) is 8.57. The Labute approximate surface area is 182 Å². The zero-order valence-electron chi connectivity index (χ0n) is 17.7. The number of nitriles is 1. The van der Waals surface area contributed by atoms with Crippen LogP contribution in [0.2, 0.25) is 0 Å². The van der Waals surface area contributed by atoms with E-state index in [1.807, 2.05) is 0 Å². The second kappa shape index (κ2) is 7.80. The number of hydrogen-bond donors (Lipinski definition) is 0. The molecule has 2 aliphatic heterocycles. The van der Waals surface area contributed by atoms with E-state index < -0.39 is 27.6 Å². The number of nitrogens with zero attached hydrogens (tertiary/aromatic N) is 4. The molecule has 2 fully saturated rings. The minimum absolute atomic E-state index is 0.0453. The molecule has 1 aromatic carbocycles. The van der Waals surface area contributed by atoms with E-state index in [1.165, 1.54) is 15.3 Å². The Hall–Kier alpha value is -2.64. The molecule has 1 saturated heterocycles. The number of fused-ring (bicyclic) bond motifs is 2. The quantitative estimate of drug-likeness (QED) is 0.680. The normalized spacial score (nSPS) is 26.2. The molecule has 166 valence electrons. The van der Waals surface area contributed by atoms with Crippen LogP contribution in [0.4, 0.5) is 0 Å². The molecule has 4 rings (SSSR count). The molecule has 31 heavy (non-hydrogen) atoms. The molecule has 3 aliphatic rings. The fraction of sp³-hybridized carbons (Fsp3) is 0.571. The molecule has 1 saturated carbocycles. The van der Waals surface area contributed by atoms with Gasteiger partial charge in [0.15, 0.2) is 0 Å². The highest BCUT2D eigenvalue weighted by Crippen LogP contribution is 2.47. The van der Waals surface area contributed by atoms with Crippen molar-refractivity contribution in [3.05, 3.63) is 24.3 Å². The first-order valence-corrected chi connectivity index (χ1v) is 11.8. The van der Waals surface area contributed by atoms with Crippen LogP contribution in [-0.4, -0.2) is 80.2 Å². The Bertz CT molecular complexity index is 1040. The number of carbonyl (C=O) groups is 2. The van der Waals surface area contributed by atoms with Crippen LogP contribution in [0.15, 0.2) is 29.2 Å². The van der Waals surface area contributed by atoms with Crippen LogP contribution in [0.3, 0.4) is 0 Å². The molecule has 0 N–H and O–H groups in total. The van der Waals surface area contributed by atoms with Gasteiger partial charge in [-0.15, -0.1) is 0 Å². The van der Waals surface area contributed by atoms with Crippen LogP contribution < -0.4 is 4.74 Å². The van der Waals surface area contributed by atoms with E-state index >= 15 is 0 Å². The van der Waals surface area contributed by atoms with E-state index in [9.17, 15) is 23.3 Å². The van der Waals surface area contributed by atoms with Gasteiger partial charge in [0, 0.05) is 33.6 Å². The molecule has 0 spiro atoms. The van der Waals surface area contributed by atoms with E-state index in [1.54, 1.807) is 37.2 Å². The molecular formula is C21H26N4O5S. The zero-order valence-corrected chi connectivity index (χ0v) is 18.5. The van der Waals surface area contributed by atoms with Gasteiger partial charge in [0.25, 0.3) is 0 Å². The Morgan fingerprint density at radius 1 is 1.23 bits per heavy atom. The van der Waals surface area contributed by atoms with Crippen molar-refractivity contribution >= 4 is 21.8 Å². The fourth-order valence-electron chi connectivity index (χ4n) is 4.24. The molecule has 0 unspecified atom stereocenters. The SMILES string of the molecule is CN(C)C(=O)CN1[C@@H]2CCN(C(=O)C3(C#N)CC3)CC[C@H]2Oc2ccccc2S1(=O)=O. The maximum atomic E-state index is 13.5. The Morgan fingerprint density at radius 2 is 1.90 bits per heavy atom. The average molecular weight is 447 g/mol. The largest absolute Gasteiger partial charge is 0.487 e. The van der Waals surface area contributed by atoms with Crippen LogP contribution >= 0.6 is 0 Å². The van der Waals surface area contributed by atoms with Gasteiger partial charge in [-0.25, -0.2) is 8.42 Å². The van der Waals surface area contributed by atoms with Gasteiger partial charge in [-0.1, -0.05) is 12.1 Å². The van der Waals surface area contributed by atoms with Gasteiger partial charge in [0.05, 0.1) is 18.7 Å². The van der Waals surface area contributed by atoms with Crippen molar-refractivity contribution in [3.8, 4) is 11.8 Å². The summed E-state index contributed by atoms with van der Waals surface area (Å²) in [6, 6.07) is 7.98. The van der Waals surface area contributed by atoms with Crippen molar-refractivity contribution in [3.63, 3.8) is 0 Å². The average Bonchev–Trinajstić information content (AvgIpc) is 3.56. The van der Waals surface area contributed by atoms with Crippen molar-refractivity contribution < 1.29 is 22.7 Å². The lowest BCUT2D eigenvalue weighted by Gasteiger charge is -2.31. The van der Waals surface area contributed by atoms with Gasteiger partial charge in [0.1, 0.15) is 22.2 Å². The summed E-state index contributed by atoms with van der Waals surface area (Å²) in [5, 5.41) is 9.39. The van der Waals surface area contributed by atoms with E-state index in [0.717, 1.165) is 0 Å². The zero-order chi connectivity index (χ0) is 22.4. The fourth-order valence-corrected chi connectivity index (χ4v) is 5.99. The van der Waals surface area contributed by atoms with Crippen LogP contribution in [-0.2, 0) is 19.6 Å². The minimum atomic E-state index is -3.99. The molecule has 0 radical (unpaired) electrons. The van der Waals surface area contributed by atoms with Crippen molar-refractivity contribution in [1.29, 1.82) is 5.26 Å². The first kappa shape index (κ1) is 21.6. The maximum Gasteiger partial charge on any atom is 0.247 e. The molecule has 10 heteroatoms. The molecule has 1 aromatic rings. The van der Waals surface area contributed by atoms with Gasteiger partial charge in [-0.2, -0.15) is 9.57 Å². The predicted octanol–water partition coefficient (Wildman–Crippen LogP) is 0.821. The van der Waals surface area contributed by atoms with E-state index in [0.29, 0.717) is 38.8 Å². The summed E-state index contributed by atoms with van der Waals surface area (Å²) in [7, 11) is -0.823. The second-order valence-corrected chi connectivity index (χ2v) is 10.4. The summed E-state index contributed by atoms with van der Waals surface area (Å²) in [5.41, 5.74) is -0.924. The number of hydrogen-bond acceptors (Lipinski definition) is 6. The number of amides is 2. The van der Waals surface area contributed by atoms with Crippen molar-refractivity contribution in [1.82, 2.24) is 14.1 Å². The van der Waals surface area contributed by atoms with Crippen molar-refractivity contribution in [2.24, 2.45) is 5.41 Å². The van der Waals surface area contributed by atoms with Crippen LogP contribution in [0.1, 0.15) is 25.7 Å². The van der Waals surface area contributed by atoms with Gasteiger partial charge in [-0.05, 0) is 31.4 Å². The Morgan fingerprint density at radius 3 is 2.55 bits per heavy atom. The predicted molar refractivity (Wildman–Crippen MR) is 110 cm³/mol. The third-order valence-corrected chi connectivity index (χ3v) is 8.25. The number of likely N-dealkylation sites (N-methyl/N-ethyl adjacent to an activating group) is 1. The molecule has 0 bridgehead atoms. The molecule has 1 aliphatic carbocycles. The molecule has 2 atom stereocenters. The van der Waals surface area contributed by atoms with E-state index in [-0.39, 0.29) is 29.0 Å². The summed E-state index contributed by atoms with van der Waals surface area (Å²) in [6.07, 6.45) is 1.35. The molecular weight excluding hydrogens is 420 g/mol. The lowest BCUT2D eigenvalue weighted by molar-refractivity contribution is -0.135. The van der Waals surface area contributed by atoms with E-state index in [4.69, 9.17) is 4.74 Å². The summed E-state index contributed by atoms with van der Waals surface area (Å²) in [6.45, 7) is 0.386. The van der Waals surface area contributed by atoms with Crippen LogP contribution in [0.25, 0.3) is 0 Å². The maximum absolute atomic E-state index is 13.5. The number of carbonyl (C=O) groups excluding carboxylic acids is 2. The molecule has 2 heterocycles. The molecule has 2 amide bonds. The minimum Gasteiger partial charge on any atom is -0.487 e. The third-order valence-electron chi connectivity index (χ3n) is 6.34. The summed E-state index contributed by atoms with van der Waals surface area (Å²) >= 11 is 0. The number of rotatable bonds is 3. The summed E-state index contributed by atoms with van der Waals surface area (Å²) in [4.78, 5) is 28.5. The van der Waals surface area contributed by atoms with E-state index in [2.05, 4.69) is 6.07 Å². The number of para-hydroxylation sites is 1. The smallest absolute Gasteiger partial charge is 0.247 e. The highest BCUT2D eigenvalue weighted by molar-refractivity contribution is 7.89. The number of ether oxygens (including phenoxy) is 1. The number of benzene rings is 1. The monoisotopic (exact) mass is 446 g/mol. The summed E-state index contributed by atoms with van der Waals surface area (Å²) in [5.74, 6) is -0.265. The van der Waals surface area contributed by atoms with Crippen LogP contribution in [0.5, 0.6) is 5.75 Å². The van der Waals surface area contributed by atoms with Crippen molar-refractivity contribution in [2.75, 3.05) is 33.7 Å².